The summed E-state index contributed by atoms with van der Waals surface area (Å²) in [5.74, 6) is 2.43. The molecule has 0 fully saturated rings. The first-order valence-corrected chi connectivity index (χ1v) is 9.03. The van der Waals surface area contributed by atoms with E-state index in [0.29, 0.717) is 11.7 Å². The van der Waals surface area contributed by atoms with Crippen molar-refractivity contribution in [2.24, 2.45) is 0 Å². The van der Waals surface area contributed by atoms with Crippen molar-refractivity contribution < 1.29 is 9.47 Å². The van der Waals surface area contributed by atoms with Crippen LogP contribution in [0.2, 0.25) is 0 Å². The Kier molecular flexibility index (Phi) is 6.28. The van der Waals surface area contributed by atoms with Crippen molar-refractivity contribution in [3.63, 3.8) is 0 Å². The third kappa shape index (κ3) is 5.46. The van der Waals surface area contributed by atoms with Crippen LogP contribution in [0, 0.1) is 0 Å². The summed E-state index contributed by atoms with van der Waals surface area (Å²) in [6.07, 6.45) is 0. The van der Waals surface area contributed by atoms with E-state index in [1.54, 1.807) is 7.11 Å². The fraction of sp³-hybridized carbons (Fsp3) is 0.136. The Labute approximate surface area is 165 Å². The number of benzene rings is 3. The molecular formula is C22H22N2O2S. The van der Waals surface area contributed by atoms with E-state index in [1.807, 2.05) is 84.7 Å². The van der Waals surface area contributed by atoms with Crippen LogP contribution in [-0.4, -0.2) is 24.2 Å². The number of para-hydroxylation sites is 1. The van der Waals surface area contributed by atoms with Crippen molar-refractivity contribution in [2.75, 3.05) is 19.5 Å². The summed E-state index contributed by atoms with van der Waals surface area (Å²) in [5.41, 5.74) is 2.05. The Bertz CT molecular complexity index is 882. The van der Waals surface area contributed by atoms with Gasteiger partial charge in [-0.15, -0.1) is 0 Å². The minimum atomic E-state index is 0.648. The molecule has 1 N–H and O–H groups in total. The summed E-state index contributed by atoms with van der Waals surface area (Å²) in [5, 5.41) is 3.90. The Morgan fingerprint density at radius 3 is 2.26 bits per heavy atom. The van der Waals surface area contributed by atoms with Crippen molar-refractivity contribution in [1.82, 2.24) is 4.90 Å². The van der Waals surface area contributed by atoms with Crippen molar-refractivity contribution in [1.29, 1.82) is 0 Å². The fourth-order valence-electron chi connectivity index (χ4n) is 2.57. The van der Waals surface area contributed by atoms with Gasteiger partial charge in [-0.25, -0.2) is 0 Å². The quantitative estimate of drug-likeness (QED) is 0.588. The van der Waals surface area contributed by atoms with Crippen LogP contribution < -0.4 is 14.8 Å². The van der Waals surface area contributed by atoms with Crippen LogP contribution in [0.15, 0.2) is 78.9 Å². The van der Waals surface area contributed by atoms with Gasteiger partial charge < -0.3 is 19.7 Å². The zero-order valence-electron chi connectivity index (χ0n) is 15.4. The molecule has 0 unspecified atom stereocenters. The molecule has 0 aliphatic carbocycles. The average Bonchev–Trinajstić information content (AvgIpc) is 2.70. The number of thiocarbonyl (C=S) groups is 1. The van der Waals surface area contributed by atoms with Crippen LogP contribution in [0.4, 0.5) is 5.69 Å². The maximum Gasteiger partial charge on any atom is 0.173 e. The topological polar surface area (TPSA) is 33.7 Å². The molecule has 3 aromatic carbocycles. The molecule has 4 nitrogen and oxygen atoms in total. The van der Waals surface area contributed by atoms with Gasteiger partial charge in [0, 0.05) is 19.3 Å². The molecule has 138 valence electrons. The lowest BCUT2D eigenvalue weighted by atomic mass is 10.2. The molecule has 0 bridgehead atoms. The number of nitrogens with zero attached hydrogens (tertiary/aromatic N) is 1. The van der Waals surface area contributed by atoms with E-state index >= 15 is 0 Å². The van der Waals surface area contributed by atoms with Crippen LogP contribution in [0.5, 0.6) is 17.2 Å². The Hall–Kier alpha value is -3.05. The molecule has 0 spiro atoms. The summed E-state index contributed by atoms with van der Waals surface area (Å²) in [7, 11) is 3.63. The van der Waals surface area contributed by atoms with Gasteiger partial charge in [0.25, 0.3) is 0 Å². The zero-order chi connectivity index (χ0) is 19.1. The van der Waals surface area contributed by atoms with Crippen LogP contribution in [-0.2, 0) is 6.54 Å². The van der Waals surface area contributed by atoms with E-state index < -0.39 is 0 Å². The maximum atomic E-state index is 5.80. The van der Waals surface area contributed by atoms with Crippen LogP contribution in [0.3, 0.4) is 0 Å². The van der Waals surface area contributed by atoms with Gasteiger partial charge in [0.05, 0.1) is 7.11 Å². The second-order valence-electron chi connectivity index (χ2n) is 6.08. The number of methoxy groups -OCH3 is 1. The number of nitrogens with one attached hydrogen (secondary N) is 1. The Morgan fingerprint density at radius 2 is 1.56 bits per heavy atom. The van der Waals surface area contributed by atoms with E-state index in [1.165, 1.54) is 0 Å². The van der Waals surface area contributed by atoms with Gasteiger partial charge in [0.15, 0.2) is 5.11 Å². The normalized spacial score (nSPS) is 10.1. The van der Waals surface area contributed by atoms with Crippen molar-refractivity contribution in [3.05, 3.63) is 84.4 Å². The maximum absolute atomic E-state index is 5.80. The average molecular weight is 378 g/mol. The standard InChI is InChI=1S/C22H22N2O2S/c1-24(16-17-7-6-10-21(15-17)25-2)22(27)23-18-11-13-20(14-12-18)26-19-8-4-3-5-9-19/h3-15H,16H2,1-2H3,(H,23,27). The number of hydrogen-bond acceptors (Lipinski definition) is 3. The molecule has 5 heteroatoms. The molecule has 0 saturated heterocycles. The summed E-state index contributed by atoms with van der Waals surface area (Å²) < 4.78 is 11.1. The highest BCUT2D eigenvalue weighted by molar-refractivity contribution is 7.80. The van der Waals surface area contributed by atoms with Gasteiger partial charge in [-0.1, -0.05) is 30.3 Å². The Balaban J connectivity index is 1.56. The summed E-state index contributed by atoms with van der Waals surface area (Å²) in [4.78, 5) is 1.98. The SMILES string of the molecule is COc1cccc(CN(C)C(=S)Nc2ccc(Oc3ccccc3)cc2)c1. The Morgan fingerprint density at radius 1 is 0.889 bits per heavy atom. The minimum Gasteiger partial charge on any atom is -0.497 e. The zero-order valence-corrected chi connectivity index (χ0v) is 16.2. The molecule has 0 heterocycles. The predicted octanol–water partition coefficient (Wildman–Crippen LogP) is 5.32. The fourth-order valence-corrected chi connectivity index (χ4v) is 2.75. The molecule has 0 aromatic heterocycles. The number of rotatable bonds is 6. The largest absolute Gasteiger partial charge is 0.497 e. The summed E-state index contributed by atoms with van der Waals surface area (Å²) in [6.45, 7) is 0.693. The minimum absolute atomic E-state index is 0.648. The lowest BCUT2D eigenvalue weighted by Crippen LogP contribution is -2.30. The third-order valence-corrected chi connectivity index (χ3v) is 4.40. The van der Waals surface area contributed by atoms with Gasteiger partial charge in [0.2, 0.25) is 0 Å². The van der Waals surface area contributed by atoms with Gasteiger partial charge >= 0.3 is 0 Å². The third-order valence-electron chi connectivity index (χ3n) is 3.99. The van der Waals surface area contributed by atoms with E-state index in [-0.39, 0.29) is 0 Å². The highest BCUT2D eigenvalue weighted by Gasteiger charge is 2.07. The molecule has 0 amide bonds. The molecule has 0 saturated carbocycles. The molecule has 3 rings (SSSR count). The predicted molar refractivity (Wildman–Crippen MR) is 114 cm³/mol. The van der Waals surface area contributed by atoms with Crippen LogP contribution in [0.1, 0.15) is 5.56 Å². The van der Waals surface area contributed by atoms with Gasteiger partial charge in [-0.2, -0.15) is 0 Å². The number of ether oxygens (including phenoxy) is 2. The van der Waals surface area contributed by atoms with E-state index in [4.69, 9.17) is 21.7 Å². The molecule has 27 heavy (non-hydrogen) atoms. The lowest BCUT2D eigenvalue weighted by molar-refractivity contribution is 0.413. The van der Waals surface area contributed by atoms with E-state index in [2.05, 4.69) is 11.4 Å². The van der Waals surface area contributed by atoms with Gasteiger partial charge in [-0.05, 0) is 66.3 Å². The van der Waals surface area contributed by atoms with E-state index in [9.17, 15) is 0 Å². The summed E-state index contributed by atoms with van der Waals surface area (Å²) >= 11 is 5.51. The molecule has 3 aromatic rings. The van der Waals surface area contributed by atoms with Crippen molar-refractivity contribution >= 4 is 23.0 Å². The monoisotopic (exact) mass is 378 g/mol. The first-order valence-electron chi connectivity index (χ1n) is 8.62. The first-order chi connectivity index (χ1) is 13.1. The highest BCUT2D eigenvalue weighted by Crippen LogP contribution is 2.23. The number of hydrogen-bond donors (Lipinski definition) is 1. The molecule has 0 radical (unpaired) electrons. The van der Waals surface area contributed by atoms with Crippen molar-refractivity contribution in [2.45, 2.75) is 6.54 Å². The molecular weight excluding hydrogens is 356 g/mol. The molecule has 0 atom stereocenters. The molecule has 0 aliphatic heterocycles. The second-order valence-corrected chi connectivity index (χ2v) is 6.46. The first kappa shape index (κ1) is 18.7. The second kappa shape index (κ2) is 9.05. The van der Waals surface area contributed by atoms with Gasteiger partial charge in [-0.3, -0.25) is 0 Å². The van der Waals surface area contributed by atoms with E-state index in [0.717, 1.165) is 28.5 Å². The smallest absolute Gasteiger partial charge is 0.173 e. The van der Waals surface area contributed by atoms with Crippen LogP contribution >= 0.6 is 12.2 Å². The lowest BCUT2D eigenvalue weighted by Gasteiger charge is -2.21. The summed E-state index contributed by atoms with van der Waals surface area (Å²) in [6, 6.07) is 25.4. The van der Waals surface area contributed by atoms with Crippen molar-refractivity contribution in [3.8, 4) is 17.2 Å². The molecule has 0 aliphatic rings. The highest BCUT2D eigenvalue weighted by atomic mass is 32.1. The number of anilines is 1. The van der Waals surface area contributed by atoms with Crippen LogP contribution in [0.25, 0.3) is 0 Å². The van der Waals surface area contributed by atoms with Gasteiger partial charge in [0.1, 0.15) is 17.2 Å².